The van der Waals surface area contributed by atoms with Crippen molar-refractivity contribution in [3.63, 3.8) is 0 Å². The molecule has 4 rings (SSSR count). The molecule has 2 aromatic carbocycles. The van der Waals surface area contributed by atoms with Gasteiger partial charge in [0.25, 0.3) is 0 Å². The summed E-state index contributed by atoms with van der Waals surface area (Å²) >= 11 is 1.82. The second-order valence-corrected chi connectivity index (χ2v) is 7.45. The molecule has 0 spiro atoms. The van der Waals surface area contributed by atoms with Crippen molar-refractivity contribution in [2.24, 2.45) is 0 Å². The maximum Gasteiger partial charge on any atom is 0.0666 e. The van der Waals surface area contributed by atoms with Crippen LogP contribution in [0.5, 0.6) is 0 Å². The first-order chi connectivity index (χ1) is 12.9. The van der Waals surface area contributed by atoms with Gasteiger partial charge in [0.2, 0.25) is 0 Å². The highest BCUT2D eigenvalue weighted by molar-refractivity contribution is 7.13. The molecule has 2 aromatic heterocycles. The van der Waals surface area contributed by atoms with Crippen molar-refractivity contribution >= 4 is 11.3 Å². The first-order valence-corrected chi connectivity index (χ1v) is 10.1. The maximum absolute atomic E-state index is 2.52. The van der Waals surface area contributed by atoms with Crippen LogP contribution >= 0.6 is 11.3 Å². The third-order valence-corrected chi connectivity index (χ3v) is 5.62. The number of hydrogen-bond acceptors (Lipinski definition) is 1. The number of nitrogens with zero attached hydrogens (tertiary/aromatic N) is 1. The number of benzene rings is 2. The number of rotatable bonds is 6. The molecule has 130 valence electrons. The van der Waals surface area contributed by atoms with E-state index in [1.54, 1.807) is 0 Å². The summed E-state index contributed by atoms with van der Waals surface area (Å²) < 4.78 is 2.52. The van der Waals surface area contributed by atoms with Gasteiger partial charge in [-0.3, -0.25) is 0 Å². The van der Waals surface area contributed by atoms with Gasteiger partial charge in [-0.05, 0) is 35.1 Å². The number of thiophene rings is 1. The Morgan fingerprint density at radius 3 is 2.12 bits per heavy atom. The van der Waals surface area contributed by atoms with Crippen LogP contribution in [0.1, 0.15) is 19.8 Å². The molecule has 2 heterocycles. The van der Waals surface area contributed by atoms with E-state index in [0.717, 1.165) is 6.54 Å². The monoisotopic (exact) mass is 357 g/mol. The normalized spacial score (nSPS) is 11.0. The van der Waals surface area contributed by atoms with Crippen LogP contribution in [-0.4, -0.2) is 4.57 Å². The molecule has 0 unspecified atom stereocenters. The van der Waals surface area contributed by atoms with Gasteiger partial charge >= 0.3 is 0 Å². The van der Waals surface area contributed by atoms with Crippen LogP contribution in [0.2, 0.25) is 0 Å². The highest BCUT2D eigenvalue weighted by Gasteiger charge is 2.19. The second kappa shape index (κ2) is 7.76. The smallest absolute Gasteiger partial charge is 0.0666 e. The molecule has 4 aromatic rings. The van der Waals surface area contributed by atoms with E-state index in [0.29, 0.717) is 0 Å². The van der Waals surface area contributed by atoms with Gasteiger partial charge in [0, 0.05) is 17.8 Å². The summed E-state index contributed by atoms with van der Waals surface area (Å²) in [6.07, 6.45) is 2.37. The Kier molecular flexibility index (Phi) is 5.03. The zero-order valence-corrected chi connectivity index (χ0v) is 15.9. The average Bonchev–Trinajstić information content (AvgIpc) is 3.35. The largest absolute Gasteiger partial charge is 0.339 e. The molecule has 0 amide bonds. The third kappa shape index (κ3) is 3.25. The van der Waals surface area contributed by atoms with Crippen LogP contribution in [0, 0.1) is 0 Å². The molecule has 1 nitrogen and oxygen atoms in total. The number of hydrogen-bond donors (Lipinski definition) is 0. The predicted octanol–water partition coefficient (Wildman–Crippen LogP) is 7.35. The van der Waals surface area contributed by atoms with Crippen molar-refractivity contribution in [1.29, 1.82) is 0 Å². The molecule has 26 heavy (non-hydrogen) atoms. The fraction of sp³-hybridized carbons (Fsp3) is 0.167. The van der Waals surface area contributed by atoms with Gasteiger partial charge in [0.05, 0.1) is 10.6 Å². The van der Waals surface area contributed by atoms with Crippen LogP contribution < -0.4 is 0 Å². The molecular formula is C24H23NS. The van der Waals surface area contributed by atoms with E-state index in [4.69, 9.17) is 0 Å². The lowest BCUT2D eigenvalue weighted by molar-refractivity contribution is 0.645. The molecular weight excluding hydrogens is 334 g/mol. The second-order valence-electron chi connectivity index (χ2n) is 6.51. The quantitative estimate of drug-likeness (QED) is 0.340. The summed E-state index contributed by atoms with van der Waals surface area (Å²) in [4.78, 5) is 1.34. The highest BCUT2D eigenvalue weighted by atomic mass is 32.1. The minimum atomic E-state index is 1.04. The van der Waals surface area contributed by atoms with Crippen LogP contribution in [0.15, 0.2) is 84.2 Å². The molecule has 0 aliphatic rings. The lowest BCUT2D eigenvalue weighted by Gasteiger charge is -2.14. The minimum absolute atomic E-state index is 1.04. The van der Waals surface area contributed by atoms with Gasteiger partial charge in [0.1, 0.15) is 0 Å². The number of aromatic nitrogens is 1. The Balaban J connectivity index is 1.98. The summed E-state index contributed by atoms with van der Waals surface area (Å²) in [6.45, 7) is 3.30. The summed E-state index contributed by atoms with van der Waals surface area (Å²) in [5.41, 5.74) is 6.54. The molecule has 2 heteroatoms. The molecule has 0 bridgehead atoms. The Labute approximate surface area is 159 Å². The summed E-state index contributed by atoms with van der Waals surface area (Å²) in [5.74, 6) is 0. The van der Waals surface area contributed by atoms with Gasteiger partial charge in [-0.15, -0.1) is 11.3 Å². The van der Waals surface area contributed by atoms with E-state index >= 15 is 0 Å². The molecule has 0 saturated carbocycles. The van der Waals surface area contributed by atoms with Gasteiger partial charge in [0.15, 0.2) is 0 Å². The Bertz CT molecular complexity index is 950. The highest BCUT2D eigenvalue weighted by Crippen LogP contribution is 2.40. The topological polar surface area (TPSA) is 4.93 Å². The van der Waals surface area contributed by atoms with Crippen LogP contribution in [-0.2, 0) is 6.54 Å². The summed E-state index contributed by atoms with van der Waals surface area (Å²) in [6, 6.07) is 28.3. The van der Waals surface area contributed by atoms with Gasteiger partial charge in [-0.1, -0.05) is 80.1 Å². The van der Waals surface area contributed by atoms with Crippen LogP contribution in [0.3, 0.4) is 0 Å². The Morgan fingerprint density at radius 1 is 0.808 bits per heavy atom. The Morgan fingerprint density at radius 2 is 1.50 bits per heavy atom. The van der Waals surface area contributed by atoms with Gasteiger partial charge in [-0.25, -0.2) is 0 Å². The fourth-order valence-electron chi connectivity index (χ4n) is 3.46. The first kappa shape index (κ1) is 16.9. The SMILES string of the molecule is CCCCn1c(-c2ccccc2)cc(-c2ccccc2)c1-c1cccs1. The van der Waals surface area contributed by atoms with E-state index in [-0.39, 0.29) is 0 Å². The van der Waals surface area contributed by atoms with E-state index in [2.05, 4.69) is 95.7 Å². The molecule has 0 radical (unpaired) electrons. The maximum atomic E-state index is 2.52. The van der Waals surface area contributed by atoms with Crippen molar-refractivity contribution in [2.45, 2.75) is 26.3 Å². The predicted molar refractivity (Wildman–Crippen MR) is 114 cm³/mol. The lowest BCUT2D eigenvalue weighted by atomic mass is 10.0. The molecule has 0 atom stereocenters. The van der Waals surface area contributed by atoms with Gasteiger partial charge in [-0.2, -0.15) is 0 Å². The van der Waals surface area contributed by atoms with E-state index in [9.17, 15) is 0 Å². The van der Waals surface area contributed by atoms with Gasteiger partial charge < -0.3 is 4.57 Å². The molecule has 0 aliphatic carbocycles. The molecule has 0 N–H and O–H groups in total. The fourth-order valence-corrected chi connectivity index (χ4v) is 4.25. The van der Waals surface area contributed by atoms with Crippen molar-refractivity contribution < 1.29 is 0 Å². The van der Waals surface area contributed by atoms with E-state index in [1.165, 1.54) is 45.8 Å². The van der Waals surface area contributed by atoms with Crippen molar-refractivity contribution in [1.82, 2.24) is 4.57 Å². The number of unbranched alkanes of at least 4 members (excludes halogenated alkanes) is 1. The third-order valence-electron chi connectivity index (χ3n) is 4.74. The summed E-state index contributed by atoms with van der Waals surface area (Å²) in [5, 5.41) is 2.17. The lowest BCUT2D eigenvalue weighted by Crippen LogP contribution is -2.02. The standard InChI is InChI=1S/C24H23NS/c1-2-3-16-25-22(20-13-8-5-9-14-20)18-21(19-11-6-4-7-12-19)24(25)23-15-10-17-26-23/h4-15,17-18H,2-3,16H2,1H3. The molecule has 0 fully saturated rings. The van der Waals surface area contributed by atoms with E-state index < -0.39 is 0 Å². The van der Waals surface area contributed by atoms with E-state index in [1.807, 2.05) is 11.3 Å². The average molecular weight is 358 g/mol. The molecule has 0 aliphatic heterocycles. The van der Waals surface area contributed by atoms with Crippen molar-refractivity contribution in [3.8, 4) is 33.0 Å². The first-order valence-electron chi connectivity index (χ1n) is 9.26. The van der Waals surface area contributed by atoms with Crippen LogP contribution in [0.4, 0.5) is 0 Å². The zero-order chi connectivity index (χ0) is 17.8. The minimum Gasteiger partial charge on any atom is -0.339 e. The van der Waals surface area contributed by atoms with Crippen molar-refractivity contribution in [3.05, 3.63) is 84.2 Å². The Hall–Kier alpha value is -2.58. The summed E-state index contributed by atoms with van der Waals surface area (Å²) in [7, 11) is 0. The molecule has 0 saturated heterocycles. The van der Waals surface area contributed by atoms with Crippen LogP contribution in [0.25, 0.3) is 33.0 Å². The zero-order valence-electron chi connectivity index (χ0n) is 15.1. The van der Waals surface area contributed by atoms with Crippen molar-refractivity contribution in [2.75, 3.05) is 0 Å².